The number of nitrogens with zero attached hydrogens (tertiary/aromatic N) is 1. The molecule has 0 aromatic heterocycles. The van der Waals surface area contributed by atoms with Crippen molar-refractivity contribution in [2.45, 2.75) is 6.04 Å². The van der Waals surface area contributed by atoms with Crippen molar-refractivity contribution in [1.29, 1.82) is 0 Å². The van der Waals surface area contributed by atoms with Crippen LogP contribution in [0.15, 0.2) is 18.2 Å². The lowest BCUT2D eigenvalue weighted by Crippen LogP contribution is -2.57. The average Bonchev–Trinajstić information content (AvgIpc) is 2.40. The fourth-order valence-electron chi connectivity index (χ4n) is 1.98. The third-order valence-corrected chi connectivity index (χ3v) is 2.95. The van der Waals surface area contributed by atoms with Crippen molar-refractivity contribution in [1.82, 2.24) is 10.2 Å². The molecular weight excluding hydrogens is 258 g/mol. The number of carboxylic acids is 1. The average molecular weight is 270 g/mol. The zero-order chi connectivity index (χ0) is 14.0. The molecule has 1 amide bonds. The maximum absolute atomic E-state index is 13.5. The van der Waals surface area contributed by atoms with E-state index in [-0.39, 0.29) is 13.1 Å². The highest BCUT2D eigenvalue weighted by atomic mass is 19.1. The van der Waals surface area contributed by atoms with Crippen molar-refractivity contribution in [2.24, 2.45) is 0 Å². The van der Waals surface area contributed by atoms with Gasteiger partial charge in [0.15, 0.2) is 0 Å². The first-order valence-electron chi connectivity index (χ1n) is 5.70. The molecule has 7 heteroatoms. The summed E-state index contributed by atoms with van der Waals surface area (Å²) >= 11 is 0. The lowest BCUT2D eigenvalue weighted by atomic mass is 10.1. The molecule has 2 rings (SSSR count). The number of hydrogen-bond donors (Lipinski definition) is 2. The van der Waals surface area contributed by atoms with Gasteiger partial charge in [-0.3, -0.25) is 4.79 Å². The van der Waals surface area contributed by atoms with Crippen LogP contribution < -0.4 is 5.32 Å². The SMILES string of the molecule is O=C(O)C1CNCCN1C(=O)c1cc(F)ccc1F. The number of amides is 1. The van der Waals surface area contributed by atoms with Crippen LogP contribution in [0, 0.1) is 11.6 Å². The van der Waals surface area contributed by atoms with E-state index in [1.165, 1.54) is 0 Å². The first kappa shape index (κ1) is 13.4. The molecule has 5 nitrogen and oxygen atoms in total. The van der Waals surface area contributed by atoms with E-state index >= 15 is 0 Å². The summed E-state index contributed by atoms with van der Waals surface area (Å²) < 4.78 is 26.6. The highest BCUT2D eigenvalue weighted by Crippen LogP contribution is 2.15. The Morgan fingerprint density at radius 3 is 2.79 bits per heavy atom. The molecule has 1 aliphatic rings. The van der Waals surface area contributed by atoms with E-state index in [1.54, 1.807) is 0 Å². The molecule has 0 saturated carbocycles. The lowest BCUT2D eigenvalue weighted by molar-refractivity contribution is -0.142. The number of carboxylic acid groups (broad SMARTS) is 1. The highest BCUT2D eigenvalue weighted by Gasteiger charge is 2.33. The first-order chi connectivity index (χ1) is 9.00. The van der Waals surface area contributed by atoms with Gasteiger partial charge in [0.25, 0.3) is 5.91 Å². The molecular formula is C12H12F2N2O3. The topological polar surface area (TPSA) is 69.6 Å². The van der Waals surface area contributed by atoms with E-state index in [2.05, 4.69) is 5.32 Å². The summed E-state index contributed by atoms with van der Waals surface area (Å²) in [5.41, 5.74) is -0.451. The maximum atomic E-state index is 13.5. The van der Waals surface area contributed by atoms with Crippen LogP contribution in [-0.4, -0.2) is 47.6 Å². The molecule has 102 valence electrons. The summed E-state index contributed by atoms with van der Waals surface area (Å²) in [7, 11) is 0. The molecule has 0 bridgehead atoms. The van der Waals surface area contributed by atoms with E-state index in [1.807, 2.05) is 0 Å². The lowest BCUT2D eigenvalue weighted by Gasteiger charge is -2.33. The van der Waals surface area contributed by atoms with Crippen molar-refractivity contribution < 1.29 is 23.5 Å². The van der Waals surface area contributed by atoms with Crippen LogP contribution in [0.4, 0.5) is 8.78 Å². The van der Waals surface area contributed by atoms with Crippen molar-refractivity contribution in [3.8, 4) is 0 Å². The number of nitrogens with one attached hydrogen (secondary N) is 1. The van der Waals surface area contributed by atoms with Crippen molar-refractivity contribution in [2.75, 3.05) is 19.6 Å². The molecule has 1 atom stereocenters. The number of piperazine rings is 1. The van der Waals surface area contributed by atoms with Gasteiger partial charge in [0.05, 0.1) is 5.56 Å². The Morgan fingerprint density at radius 1 is 1.37 bits per heavy atom. The van der Waals surface area contributed by atoms with Crippen molar-refractivity contribution >= 4 is 11.9 Å². The van der Waals surface area contributed by atoms with Crippen molar-refractivity contribution in [3.63, 3.8) is 0 Å². The summed E-state index contributed by atoms with van der Waals surface area (Å²) in [5.74, 6) is -3.61. The van der Waals surface area contributed by atoms with E-state index in [9.17, 15) is 18.4 Å². The third-order valence-electron chi connectivity index (χ3n) is 2.95. The van der Waals surface area contributed by atoms with Gasteiger partial charge in [-0.15, -0.1) is 0 Å². The second-order valence-electron chi connectivity index (χ2n) is 4.18. The molecule has 1 aliphatic heterocycles. The molecule has 1 aromatic carbocycles. The molecule has 1 saturated heterocycles. The molecule has 0 radical (unpaired) electrons. The van der Waals surface area contributed by atoms with Crippen LogP contribution in [0.25, 0.3) is 0 Å². The van der Waals surface area contributed by atoms with Gasteiger partial charge in [-0.05, 0) is 18.2 Å². The summed E-state index contributed by atoms with van der Waals surface area (Å²) in [6.45, 7) is 0.621. The Kier molecular flexibility index (Phi) is 3.75. The Labute approximate surface area is 107 Å². The monoisotopic (exact) mass is 270 g/mol. The zero-order valence-corrected chi connectivity index (χ0v) is 9.90. The summed E-state index contributed by atoms with van der Waals surface area (Å²) in [5, 5.41) is 11.9. The Bertz CT molecular complexity index is 522. The van der Waals surface area contributed by atoms with E-state index in [0.717, 1.165) is 23.1 Å². The predicted molar refractivity (Wildman–Crippen MR) is 61.7 cm³/mol. The van der Waals surface area contributed by atoms with Crippen LogP contribution >= 0.6 is 0 Å². The minimum Gasteiger partial charge on any atom is -0.480 e. The van der Waals surface area contributed by atoms with E-state index in [4.69, 9.17) is 5.11 Å². The molecule has 0 spiro atoms. The largest absolute Gasteiger partial charge is 0.480 e. The van der Waals surface area contributed by atoms with Gasteiger partial charge < -0.3 is 15.3 Å². The molecule has 1 heterocycles. The van der Waals surface area contributed by atoms with Crippen LogP contribution in [0.1, 0.15) is 10.4 Å². The molecule has 0 aliphatic carbocycles. The Balaban J connectivity index is 2.31. The highest BCUT2D eigenvalue weighted by molar-refractivity contribution is 5.97. The number of carbonyl (C=O) groups excluding carboxylic acids is 1. The Morgan fingerprint density at radius 2 is 2.11 bits per heavy atom. The fraction of sp³-hybridized carbons (Fsp3) is 0.333. The second kappa shape index (κ2) is 5.31. The molecule has 2 N–H and O–H groups in total. The van der Waals surface area contributed by atoms with Gasteiger partial charge in [-0.25, -0.2) is 13.6 Å². The molecule has 1 fully saturated rings. The quantitative estimate of drug-likeness (QED) is 0.819. The predicted octanol–water partition coefficient (Wildman–Crippen LogP) is 0.463. The minimum absolute atomic E-state index is 0.0814. The molecule has 1 aromatic rings. The van der Waals surface area contributed by atoms with Crippen molar-refractivity contribution in [3.05, 3.63) is 35.4 Å². The Hall–Kier alpha value is -2.02. The summed E-state index contributed by atoms with van der Waals surface area (Å²) in [6, 6.07) is 1.45. The van der Waals surface area contributed by atoms with Crippen LogP contribution in [0.2, 0.25) is 0 Å². The second-order valence-corrected chi connectivity index (χ2v) is 4.18. The smallest absolute Gasteiger partial charge is 0.327 e. The van der Waals surface area contributed by atoms with Gasteiger partial charge in [0, 0.05) is 19.6 Å². The zero-order valence-electron chi connectivity index (χ0n) is 9.90. The molecule has 1 unspecified atom stereocenters. The van der Waals surface area contributed by atoms with E-state index in [0.29, 0.717) is 6.54 Å². The van der Waals surface area contributed by atoms with E-state index < -0.39 is 35.1 Å². The first-order valence-corrected chi connectivity index (χ1v) is 5.70. The normalized spacial score (nSPS) is 19.3. The number of aliphatic carboxylic acids is 1. The fourth-order valence-corrected chi connectivity index (χ4v) is 1.98. The minimum atomic E-state index is -1.18. The van der Waals surface area contributed by atoms with Gasteiger partial charge in [0.2, 0.25) is 0 Å². The number of benzene rings is 1. The van der Waals surface area contributed by atoms with Gasteiger partial charge in [-0.2, -0.15) is 0 Å². The number of halogens is 2. The van der Waals surface area contributed by atoms with Crippen LogP contribution in [0.3, 0.4) is 0 Å². The number of carbonyl (C=O) groups is 2. The van der Waals surface area contributed by atoms with Crippen LogP contribution in [-0.2, 0) is 4.79 Å². The number of hydrogen-bond acceptors (Lipinski definition) is 3. The molecule has 19 heavy (non-hydrogen) atoms. The summed E-state index contributed by atoms with van der Waals surface area (Å²) in [6.07, 6.45) is 0. The standard InChI is InChI=1S/C12H12F2N2O3/c13-7-1-2-9(14)8(5-7)11(17)16-4-3-15-6-10(16)12(18)19/h1-2,5,10,15H,3-4,6H2,(H,18,19). The third kappa shape index (κ3) is 2.70. The van der Waals surface area contributed by atoms with Crippen LogP contribution in [0.5, 0.6) is 0 Å². The maximum Gasteiger partial charge on any atom is 0.327 e. The van der Waals surface area contributed by atoms with Gasteiger partial charge in [-0.1, -0.05) is 0 Å². The van der Waals surface area contributed by atoms with Gasteiger partial charge >= 0.3 is 5.97 Å². The summed E-state index contributed by atoms with van der Waals surface area (Å²) in [4.78, 5) is 24.2. The number of rotatable bonds is 2. The van der Waals surface area contributed by atoms with Gasteiger partial charge in [0.1, 0.15) is 17.7 Å².